The average Bonchev–Trinajstić information content (AvgIpc) is 3.47. The minimum absolute atomic E-state index is 0.0137. The Morgan fingerprint density at radius 3 is 2.17 bits per heavy atom. The number of aliphatic carboxylic acids is 1. The van der Waals surface area contributed by atoms with Crippen molar-refractivity contribution >= 4 is 11.8 Å². The van der Waals surface area contributed by atoms with Crippen LogP contribution in [0.25, 0.3) is 0 Å². The molecule has 4 fully saturated rings. The smallest absolute Gasteiger partial charge is 0.309 e. The lowest BCUT2D eigenvalue weighted by Crippen LogP contribution is -2.63. The molecule has 5 aliphatic rings. The number of carboxylic acids is 1. The van der Waals surface area contributed by atoms with Crippen molar-refractivity contribution in [3.05, 3.63) is 12.2 Å². The van der Waals surface area contributed by atoms with E-state index in [1.54, 1.807) is 19.1 Å². The van der Waals surface area contributed by atoms with E-state index in [1.807, 2.05) is 41.5 Å². The van der Waals surface area contributed by atoms with Gasteiger partial charge in [0, 0.05) is 30.1 Å². The largest absolute Gasteiger partial charge is 0.481 e. The Morgan fingerprint density at radius 2 is 1.57 bits per heavy atom. The number of ketones is 1. The van der Waals surface area contributed by atoms with Crippen molar-refractivity contribution in [3.63, 3.8) is 0 Å². The first-order valence-electron chi connectivity index (χ1n) is 20.7. The lowest BCUT2D eigenvalue weighted by Gasteiger charge is -2.54. The summed E-state index contributed by atoms with van der Waals surface area (Å²) in [6, 6.07) is 0. The summed E-state index contributed by atoms with van der Waals surface area (Å²) in [6.45, 7) is 19.6. The van der Waals surface area contributed by atoms with Crippen molar-refractivity contribution in [1.29, 1.82) is 0 Å². The summed E-state index contributed by atoms with van der Waals surface area (Å²) in [5.41, 5.74) is -1.63. The summed E-state index contributed by atoms with van der Waals surface area (Å²) in [6.07, 6.45) is 5.51. The first-order chi connectivity index (χ1) is 24.8. The fourth-order valence-electron chi connectivity index (χ4n) is 10.5. The molecule has 0 aromatic carbocycles. The molecule has 1 unspecified atom stereocenters. The number of Topliss-reactive ketones (excluding diaryl/α,β-unsaturated/α-hetero) is 1. The van der Waals surface area contributed by atoms with Gasteiger partial charge in [0.2, 0.25) is 5.79 Å². The van der Waals surface area contributed by atoms with E-state index in [0.717, 1.165) is 6.42 Å². The fourth-order valence-corrected chi connectivity index (χ4v) is 10.5. The molecule has 18 atom stereocenters. The second kappa shape index (κ2) is 16.2. The molecule has 11 nitrogen and oxygen atoms in total. The van der Waals surface area contributed by atoms with Crippen LogP contribution in [0.4, 0.5) is 0 Å². The highest BCUT2D eigenvalue weighted by molar-refractivity contribution is 5.84. The van der Waals surface area contributed by atoms with Crippen LogP contribution >= 0.6 is 0 Å². The van der Waals surface area contributed by atoms with Gasteiger partial charge in [0.25, 0.3) is 0 Å². The third-order valence-corrected chi connectivity index (χ3v) is 14.4. The molecule has 0 aromatic heterocycles. The number of hydrogen-bond acceptors (Lipinski definition) is 10. The molecule has 304 valence electrons. The van der Waals surface area contributed by atoms with Gasteiger partial charge in [-0.3, -0.25) is 9.59 Å². The standard InChI is InChI=1S/C42H70O11/c1-11-29(38(46)47)31-15-14-23(4)36(50-31)27(8)34(44)26(7)35(45)30(12-2)37-24(5)22-25(6)41(51-37)19-16-32(43)42(53-41)21-20-39(10,52-42)33-17-18-40(48,13-3)28(9)49-33/h16,19,23-34,36-37,43-44,48H,11-15,17-18,20-22H2,1-10H3,(H,46,47)/t23-,24-,25+,26-,27-,28?,29-,30-,31+,32+,33+,34+,36+,37-,39-,40+,41-,42-/m0/s1. The first kappa shape index (κ1) is 42.7. The zero-order valence-corrected chi connectivity index (χ0v) is 34.0. The number of aliphatic hydroxyl groups excluding tert-OH is 2. The maximum Gasteiger partial charge on any atom is 0.309 e. The molecule has 2 spiro atoms. The zero-order valence-electron chi connectivity index (χ0n) is 34.0. The molecule has 5 heterocycles. The van der Waals surface area contributed by atoms with Gasteiger partial charge in [0.15, 0.2) is 5.79 Å². The monoisotopic (exact) mass is 750 g/mol. The molecule has 0 radical (unpaired) electrons. The maximum absolute atomic E-state index is 14.4. The third-order valence-electron chi connectivity index (χ3n) is 14.4. The Balaban J connectivity index is 1.31. The van der Waals surface area contributed by atoms with Gasteiger partial charge in [0.05, 0.1) is 53.7 Å². The van der Waals surface area contributed by atoms with E-state index in [0.29, 0.717) is 57.8 Å². The first-order valence-corrected chi connectivity index (χ1v) is 20.7. The van der Waals surface area contributed by atoms with E-state index in [1.165, 1.54) is 0 Å². The van der Waals surface area contributed by atoms with Gasteiger partial charge in [-0.15, -0.1) is 0 Å². The van der Waals surface area contributed by atoms with E-state index in [2.05, 4.69) is 20.8 Å². The highest BCUT2D eigenvalue weighted by atomic mass is 16.8. The minimum atomic E-state index is -1.37. The number of carbonyl (C=O) groups excluding carboxylic acids is 1. The second-order valence-electron chi connectivity index (χ2n) is 17.9. The lowest BCUT2D eigenvalue weighted by molar-refractivity contribution is -0.409. The molecule has 4 saturated heterocycles. The summed E-state index contributed by atoms with van der Waals surface area (Å²) >= 11 is 0. The Morgan fingerprint density at radius 1 is 0.887 bits per heavy atom. The van der Waals surface area contributed by atoms with E-state index in [9.17, 15) is 30.0 Å². The van der Waals surface area contributed by atoms with Gasteiger partial charge >= 0.3 is 5.97 Å². The summed E-state index contributed by atoms with van der Waals surface area (Å²) < 4.78 is 33.5. The van der Waals surface area contributed by atoms with Gasteiger partial charge < -0.3 is 44.1 Å². The molecule has 0 amide bonds. The molecule has 0 bridgehead atoms. The summed E-state index contributed by atoms with van der Waals surface area (Å²) in [4.78, 5) is 26.4. The van der Waals surface area contributed by atoms with Crippen molar-refractivity contribution in [3.8, 4) is 0 Å². The molecule has 4 N–H and O–H groups in total. The third kappa shape index (κ3) is 7.94. The van der Waals surface area contributed by atoms with Gasteiger partial charge in [0.1, 0.15) is 11.9 Å². The SMILES string of the molecule is CC[C@H](C(=O)O)[C@H]1CC[C@H](C)[C@H]([C@@H](C)[C@H](O)[C@H](C)C(=O)[C@H](CC)[C@H]2O[C@]3(C=C[C@@H](O)[C@]4(CC[C@@](C)([C@H]5CC[C@](O)(CC)C(C)O5)O4)O3)[C@H](C)C[C@@H]2C)O1. The van der Waals surface area contributed by atoms with E-state index < -0.39 is 76.8 Å². The normalized spacial score (nSPS) is 46.2. The van der Waals surface area contributed by atoms with Crippen molar-refractivity contribution in [2.45, 2.75) is 199 Å². The molecule has 0 aromatic rings. The predicted molar refractivity (Wildman–Crippen MR) is 199 cm³/mol. The molecular weight excluding hydrogens is 680 g/mol. The number of aliphatic hydroxyl groups is 3. The van der Waals surface area contributed by atoms with Crippen LogP contribution in [0.15, 0.2) is 12.2 Å². The van der Waals surface area contributed by atoms with Crippen LogP contribution in [0.3, 0.4) is 0 Å². The number of hydrogen-bond donors (Lipinski definition) is 4. The Labute approximate surface area is 317 Å². The van der Waals surface area contributed by atoms with Crippen molar-refractivity contribution in [2.24, 2.45) is 41.4 Å². The number of carboxylic acid groups (broad SMARTS) is 1. The average molecular weight is 751 g/mol. The predicted octanol–water partition coefficient (Wildman–Crippen LogP) is 6.19. The Hall–Kier alpha value is -1.44. The Bertz CT molecular complexity index is 1320. The van der Waals surface area contributed by atoms with Crippen molar-refractivity contribution < 1.29 is 53.7 Å². The quantitative estimate of drug-likeness (QED) is 0.169. The summed E-state index contributed by atoms with van der Waals surface area (Å²) in [5, 5.41) is 44.0. The van der Waals surface area contributed by atoms with E-state index >= 15 is 0 Å². The molecule has 0 aliphatic carbocycles. The number of rotatable bonds is 12. The van der Waals surface area contributed by atoms with Crippen LogP contribution in [0, 0.1) is 41.4 Å². The van der Waals surface area contributed by atoms with Crippen LogP contribution < -0.4 is 0 Å². The molecule has 5 rings (SSSR count). The molecule has 5 aliphatic heterocycles. The zero-order chi connectivity index (χ0) is 39.3. The van der Waals surface area contributed by atoms with Gasteiger partial charge in [-0.2, -0.15) is 0 Å². The fraction of sp³-hybridized carbons (Fsp3) is 0.905. The van der Waals surface area contributed by atoms with Crippen LogP contribution in [0.1, 0.15) is 133 Å². The van der Waals surface area contributed by atoms with Crippen molar-refractivity contribution in [2.75, 3.05) is 0 Å². The molecular formula is C42H70O11. The number of carbonyl (C=O) groups is 2. The summed E-state index contributed by atoms with van der Waals surface area (Å²) in [5.74, 6) is -5.78. The number of ether oxygens (including phenoxy) is 5. The molecule has 11 heteroatoms. The van der Waals surface area contributed by atoms with Crippen molar-refractivity contribution in [1.82, 2.24) is 0 Å². The lowest BCUT2D eigenvalue weighted by atomic mass is 9.72. The topological polar surface area (TPSA) is 161 Å². The van der Waals surface area contributed by atoms with Gasteiger partial charge in [-0.25, -0.2) is 0 Å². The maximum atomic E-state index is 14.4. The Kier molecular flexibility index (Phi) is 13.0. The van der Waals surface area contributed by atoms with E-state index in [4.69, 9.17) is 23.7 Å². The van der Waals surface area contributed by atoms with Crippen LogP contribution in [-0.2, 0) is 33.3 Å². The van der Waals surface area contributed by atoms with Crippen LogP contribution in [0.2, 0.25) is 0 Å². The molecule has 0 saturated carbocycles. The van der Waals surface area contributed by atoms with Gasteiger partial charge in [-0.1, -0.05) is 55.4 Å². The van der Waals surface area contributed by atoms with Crippen LogP contribution in [0.5, 0.6) is 0 Å². The highest BCUT2D eigenvalue weighted by Gasteiger charge is 2.63. The second-order valence-corrected chi connectivity index (χ2v) is 17.9. The molecule has 53 heavy (non-hydrogen) atoms. The summed E-state index contributed by atoms with van der Waals surface area (Å²) in [7, 11) is 0. The minimum Gasteiger partial charge on any atom is -0.481 e. The van der Waals surface area contributed by atoms with Gasteiger partial charge in [-0.05, 0) is 95.6 Å². The van der Waals surface area contributed by atoms with Crippen LogP contribution in [-0.4, -0.2) is 97.7 Å². The highest BCUT2D eigenvalue weighted by Crippen LogP contribution is 2.54. The van der Waals surface area contributed by atoms with E-state index in [-0.39, 0.29) is 41.8 Å².